The first kappa shape index (κ1) is 12.7. The van der Waals surface area contributed by atoms with Gasteiger partial charge in [-0.25, -0.2) is 4.79 Å². The van der Waals surface area contributed by atoms with Gasteiger partial charge in [-0.1, -0.05) is 19.3 Å². The molecule has 17 heavy (non-hydrogen) atoms. The molecular weight excluding hydrogens is 216 g/mol. The molecule has 2 amide bonds. The van der Waals surface area contributed by atoms with Crippen molar-refractivity contribution in [1.29, 1.82) is 0 Å². The van der Waals surface area contributed by atoms with Crippen LogP contribution in [0.25, 0.3) is 0 Å². The highest BCUT2D eigenvalue weighted by molar-refractivity contribution is 5.74. The van der Waals surface area contributed by atoms with Crippen LogP contribution in [0.1, 0.15) is 51.4 Å². The molecule has 2 fully saturated rings. The van der Waals surface area contributed by atoms with E-state index < -0.39 is 0 Å². The molecule has 2 aliphatic rings. The van der Waals surface area contributed by atoms with Gasteiger partial charge in [0.2, 0.25) is 0 Å². The Hall–Kier alpha value is -0.770. The minimum atomic E-state index is -0.00473. The minimum Gasteiger partial charge on any atom is -0.378 e. The van der Waals surface area contributed by atoms with Crippen LogP contribution in [0.2, 0.25) is 0 Å². The molecule has 1 atom stereocenters. The Morgan fingerprint density at radius 3 is 2.65 bits per heavy atom. The summed E-state index contributed by atoms with van der Waals surface area (Å²) in [6, 6.07) is 0.390. The van der Waals surface area contributed by atoms with Crippen molar-refractivity contribution in [1.82, 2.24) is 10.6 Å². The van der Waals surface area contributed by atoms with E-state index in [0.29, 0.717) is 12.1 Å². The van der Waals surface area contributed by atoms with Gasteiger partial charge in [-0.2, -0.15) is 0 Å². The van der Waals surface area contributed by atoms with E-state index in [0.717, 1.165) is 38.8 Å². The van der Waals surface area contributed by atoms with Gasteiger partial charge in [-0.15, -0.1) is 0 Å². The standard InChI is InChI=1S/C13H24N2O2/c16-13(15-11-5-2-1-3-6-11)14-9-8-12-7-4-10-17-12/h11-12H,1-10H2,(H2,14,15,16)/t12-/m1/s1. The molecule has 4 nitrogen and oxygen atoms in total. The zero-order valence-corrected chi connectivity index (χ0v) is 10.5. The van der Waals surface area contributed by atoms with Crippen molar-refractivity contribution >= 4 is 6.03 Å². The quantitative estimate of drug-likeness (QED) is 0.791. The zero-order valence-electron chi connectivity index (χ0n) is 10.5. The summed E-state index contributed by atoms with van der Waals surface area (Å²) < 4.78 is 5.51. The van der Waals surface area contributed by atoms with E-state index in [1.165, 1.54) is 25.7 Å². The maximum absolute atomic E-state index is 11.6. The Bertz CT molecular complexity index is 234. The van der Waals surface area contributed by atoms with E-state index in [2.05, 4.69) is 10.6 Å². The topological polar surface area (TPSA) is 50.4 Å². The first-order chi connectivity index (χ1) is 8.34. The first-order valence-corrected chi connectivity index (χ1v) is 7.00. The van der Waals surface area contributed by atoms with Crippen molar-refractivity contribution in [2.45, 2.75) is 63.5 Å². The van der Waals surface area contributed by atoms with Gasteiger partial charge in [0.05, 0.1) is 6.10 Å². The van der Waals surface area contributed by atoms with Gasteiger partial charge >= 0.3 is 6.03 Å². The molecule has 2 N–H and O–H groups in total. The Labute approximate surface area is 103 Å². The molecule has 0 aromatic carbocycles. The maximum atomic E-state index is 11.6. The van der Waals surface area contributed by atoms with E-state index in [-0.39, 0.29) is 6.03 Å². The third-order valence-electron chi connectivity index (χ3n) is 3.72. The highest BCUT2D eigenvalue weighted by atomic mass is 16.5. The van der Waals surface area contributed by atoms with Gasteiger partial charge in [0.25, 0.3) is 0 Å². The number of nitrogens with one attached hydrogen (secondary N) is 2. The molecular formula is C13H24N2O2. The van der Waals surface area contributed by atoms with Crippen LogP contribution in [0.5, 0.6) is 0 Å². The summed E-state index contributed by atoms with van der Waals surface area (Å²) in [7, 11) is 0. The third kappa shape index (κ3) is 4.54. The molecule has 1 heterocycles. The molecule has 1 saturated heterocycles. The molecule has 2 rings (SSSR count). The van der Waals surface area contributed by atoms with E-state index in [9.17, 15) is 4.79 Å². The lowest BCUT2D eigenvalue weighted by Gasteiger charge is -2.23. The summed E-state index contributed by atoms with van der Waals surface area (Å²) in [5, 5.41) is 5.98. The molecule has 0 radical (unpaired) electrons. The lowest BCUT2D eigenvalue weighted by Crippen LogP contribution is -2.43. The Balaban J connectivity index is 1.53. The molecule has 0 aromatic rings. The van der Waals surface area contributed by atoms with Crippen molar-refractivity contribution in [3.8, 4) is 0 Å². The van der Waals surface area contributed by atoms with Crippen LogP contribution in [0.3, 0.4) is 0 Å². The number of amides is 2. The average Bonchev–Trinajstić information content (AvgIpc) is 2.83. The van der Waals surface area contributed by atoms with Gasteiger partial charge in [-0.05, 0) is 32.1 Å². The van der Waals surface area contributed by atoms with Crippen LogP contribution in [0.4, 0.5) is 4.79 Å². The molecule has 98 valence electrons. The normalized spacial score (nSPS) is 25.8. The highest BCUT2D eigenvalue weighted by Gasteiger charge is 2.17. The Kier molecular flexibility index (Phi) is 5.10. The fraction of sp³-hybridized carbons (Fsp3) is 0.923. The van der Waals surface area contributed by atoms with E-state index >= 15 is 0 Å². The monoisotopic (exact) mass is 240 g/mol. The summed E-state index contributed by atoms with van der Waals surface area (Å²) in [4.78, 5) is 11.6. The fourth-order valence-corrected chi connectivity index (χ4v) is 2.70. The fourth-order valence-electron chi connectivity index (χ4n) is 2.70. The number of rotatable bonds is 4. The average molecular weight is 240 g/mol. The van der Waals surface area contributed by atoms with Crippen molar-refractivity contribution < 1.29 is 9.53 Å². The van der Waals surface area contributed by atoms with Gasteiger partial charge in [0.15, 0.2) is 0 Å². The lowest BCUT2D eigenvalue weighted by atomic mass is 9.96. The smallest absolute Gasteiger partial charge is 0.315 e. The summed E-state index contributed by atoms with van der Waals surface area (Å²) in [6.07, 6.45) is 9.71. The zero-order chi connectivity index (χ0) is 11.9. The molecule has 0 unspecified atom stereocenters. The summed E-state index contributed by atoms with van der Waals surface area (Å²) in [6.45, 7) is 1.61. The number of carbonyl (C=O) groups is 1. The Morgan fingerprint density at radius 2 is 1.94 bits per heavy atom. The van der Waals surface area contributed by atoms with Gasteiger partial charge < -0.3 is 15.4 Å². The van der Waals surface area contributed by atoms with Crippen LogP contribution in [0, 0.1) is 0 Å². The summed E-state index contributed by atoms with van der Waals surface area (Å²) in [5.74, 6) is 0. The number of hydrogen-bond donors (Lipinski definition) is 2. The van der Waals surface area contributed by atoms with Crippen molar-refractivity contribution in [3.05, 3.63) is 0 Å². The van der Waals surface area contributed by atoms with Gasteiger partial charge in [0, 0.05) is 19.2 Å². The second-order valence-corrected chi connectivity index (χ2v) is 5.16. The minimum absolute atomic E-state index is 0.00473. The van der Waals surface area contributed by atoms with Crippen LogP contribution < -0.4 is 10.6 Å². The molecule has 1 aliphatic heterocycles. The van der Waals surface area contributed by atoms with Crippen molar-refractivity contribution in [2.75, 3.05) is 13.2 Å². The molecule has 0 bridgehead atoms. The number of hydrogen-bond acceptors (Lipinski definition) is 2. The predicted octanol–water partition coefficient (Wildman–Crippen LogP) is 2.19. The van der Waals surface area contributed by atoms with Crippen LogP contribution in [0.15, 0.2) is 0 Å². The van der Waals surface area contributed by atoms with Crippen LogP contribution >= 0.6 is 0 Å². The van der Waals surface area contributed by atoms with Crippen LogP contribution in [-0.4, -0.2) is 31.3 Å². The van der Waals surface area contributed by atoms with E-state index in [1.807, 2.05) is 0 Å². The second-order valence-electron chi connectivity index (χ2n) is 5.16. The van der Waals surface area contributed by atoms with Gasteiger partial charge in [0.1, 0.15) is 0 Å². The molecule has 1 aliphatic carbocycles. The largest absolute Gasteiger partial charge is 0.378 e. The summed E-state index contributed by atoms with van der Waals surface area (Å²) in [5.41, 5.74) is 0. The SMILES string of the molecule is O=C(NCC[C@H]1CCCO1)NC1CCCCC1. The molecule has 0 spiro atoms. The second kappa shape index (κ2) is 6.84. The molecule has 4 heteroatoms. The predicted molar refractivity (Wildman–Crippen MR) is 67.0 cm³/mol. The van der Waals surface area contributed by atoms with Crippen molar-refractivity contribution in [2.24, 2.45) is 0 Å². The summed E-state index contributed by atoms with van der Waals surface area (Å²) >= 11 is 0. The number of ether oxygens (including phenoxy) is 1. The Morgan fingerprint density at radius 1 is 1.12 bits per heavy atom. The number of carbonyl (C=O) groups excluding carboxylic acids is 1. The van der Waals surface area contributed by atoms with Crippen molar-refractivity contribution in [3.63, 3.8) is 0 Å². The first-order valence-electron chi connectivity index (χ1n) is 7.00. The van der Waals surface area contributed by atoms with Gasteiger partial charge in [-0.3, -0.25) is 0 Å². The molecule has 1 saturated carbocycles. The third-order valence-corrected chi connectivity index (χ3v) is 3.72. The maximum Gasteiger partial charge on any atom is 0.315 e. The number of urea groups is 1. The van der Waals surface area contributed by atoms with Crippen LogP contribution in [-0.2, 0) is 4.74 Å². The molecule has 0 aromatic heterocycles. The van der Waals surface area contributed by atoms with E-state index in [4.69, 9.17) is 4.74 Å². The highest BCUT2D eigenvalue weighted by Crippen LogP contribution is 2.17. The van der Waals surface area contributed by atoms with E-state index in [1.54, 1.807) is 0 Å². The lowest BCUT2D eigenvalue weighted by molar-refractivity contribution is 0.104.